The number of benzene rings is 1. The summed E-state index contributed by atoms with van der Waals surface area (Å²) in [6, 6.07) is 6.19. The van der Waals surface area contributed by atoms with Crippen LogP contribution >= 0.6 is 0 Å². The van der Waals surface area contributed by atoms with Crippen molar-refractivity contribution in [3.8, 4) is 11.5 Å². The van der Waals surface area contributed by atoms with E-state index in [1.807, 2.05) is 6.07 Å². The molecule has 4 rings (SSSR count). The first-order valence-corrected chi connectivity index (χ1v) is 9.22. The SMILES string of the molecule is CC(C)c1nnc2n1C[C@@H](CNCc1ccc3c(c1)OCCO3)CC2. The number of rotatable bonds is 5. The molecule has 6 heteroatoms. The van der Waals surface area contributed by atoms with Crippen LogP contribution in [0.15, 0.2) is 18.2 Å². The van der Waals surface area contributed by atoms with E-state index < -0.39 is 0 Å². The lowest BCUT2D eigenvalue weighted by Crippen LogP contribution is -2.30. The number of fused-ring (bicyclic) bond motifs is 2. The molecule has 2 aliphatic rings. The van der Waals surface area contributed by atoms with Gasteiger partial charge in [0, 0.05) is 25.4 Å². The van der Waals surface area contributed by atoms with E-state index in [4.69, 9.17) is 9.47 Å². The van der Waals surface area contributed by atoms with Gasteiger partial charge in [0.15, 0.2) is 11.5 Å². The lowest BCUT2D eigenvalue weighted by atomic mass is 9.98. The Morgan fingerprint density at radius 3 is 2.88 bits per heavy atom. The fraction of sp³-hybridized carbons (Fsp3) is 0.579. The van der Waals surface area contributed by atoms with Gasteiger partial charge >= 0.3 is 0 Å². The maximum absolute atomic E-state index is 5.66. The Morgan fingerprint density at radius 1 is 1.20 bits per heavy atom. The summed E-state index contributed by atoms with van der Waals surface area (Å²) < 4.78 is 13.6. The van der Waals surface area contributed by atoms with Crippen molar-refractivity contribution in [3.63, 3.8) is 0 Å². The minimum absolute atomic E-state index is 0.422. The number of nitrogens with one attached hydrogen (secondary N) is 1. The smallest absolute Gasteiger partial charge is 0.161 e. The van der Waals surface area contributed by atoms with E-state index in [9.17, 15) is 0 Å². The Morgan fingerprint density at radius 2 is 2.04 bits per heavy atom. The molecule has 1 aromatic heterocycles. The average molecular weight is 342 g/mol. The van der Waals surface area contributed by atoms with Crippen LogP contribution in [-0.4, -0.2) is 34.5 Å². The van der Waals surface area contributed by atoms with Gasteiger partial charge in [0.25, 0.3) is 0 Å². The molecule has 1 N–H and O–H groups in total. The van der Waals surface area contributed by atoms with E-state index >= 15 is 0 Å². The van der Waals surface area contributed by atoms with Gasteiger partial charge in [-0.15, -0.1) is 10.2 Å². The van der Waals surface area contributed by atoms with E-state index in [1.165, 1.54) is 12.0 Å². The van der Waals surface area contributed by atoms with Crippen molar-refractivity contribution >= 4 is 0 Å². The standard InChI is InChI=1S/C19H26N4O2/c1-13(2)19-22-21-18-6-4-15(12-23(18)19)11-20-10-14-3-5-16-17(9-14)25-8-7-24-16/h3,5,9,13,15,20H,4,6-8,10-12H2,1-2H3/t15-/m1/s1. The highest BCUT2D eigenvalue weighted by Crippen LogP contribution is 2.30. The molecular formula is C19H26N4O2. The van der Waals surface area contributed by atoms with Gasteiger partial charge in [0.2, 0.25) is 0 Å². The number of ether oxygens (including phenoxy) is 2. The van der Waals surface area contributed by atoms with Gasteiger partial charge in [-0.1, -0.05) is 19.9 Å². The van der Waals surface area contributed by atoms with Crippen LogP contribution in [0.1, 0.15) is 43.4 Å². The molecular weight excluding hydrogens is 316 g/mol. The summed E-state index contributed by atoms with van der Waals surface area (Å²) >= 11 is 0. The fourth-order valence-corrected chi connectivity index (χ4v) is 3.63. The fourth-order valence-electron chi connectivity index (χ4n) is 3.63. The van der Waals surface area contributed by atoms with Crippen LogP contribution in [0.5, 0.6) is 11.5 Å². The molecule has 6 nitrogen and oxygen atoms in total. The maximum atomic E-state index is 5.66. The summed E-state index contributed by atoms with van der Waals surface area (Å²) in [4.78, 5) is 0. The Kier molecular flexibility index (Phi) is 4.61. The third-order valence-corrected chi connectivity index (χ3v) is 4.96. The largest absolute Gasteiger partial charge is 0.486 e. The first kappa shape index (κ1) is 16.4. The number of aryl methyl sites for hydroxylation is 1. The van der Waals surface area contributed by atoms with Gasteiger partial charge in [0.05, 0.1) is 0 Å². The lowest BCUT2D eigenvalue weighted by Gasteiger charge is -2.25. The number of hydrogen-bond acceptors (Lipinski definition) is 5. The molecule has 2 aliphatic heterocycles. The van der Waals surface area contributed by atoms with E-state index in [0.717, 1.165) is 49.2 Å². The van der Waals surface area contributed by atoms with Crippen molar-refractivity contribution in [3.05, 3.63) is 35.4 Å². The van der Waals surface area contributed by atoms with Crippen molar-refractivity contribution in [2.75, 3.05) is 19.8 Å². The van der Waals surface area contributed by atoms with Crippen molar-refractivity contribution in [2.24, 2.45) is 5.92 Å². The van der Waals surface area contributed by atoms with Crippen LogP contribution in [-0.2, 0) is 19.5 Å². The second-order valence-corrected chi connectivity index (χ2v) is 7.25. The zero-order valence-electron chi connectivity index (χ0n) is 15.0. The molecule has 0 amide bonds. The third kappa shape index (κ3) is 3.49. The molecule has 2 aromatic rings. The molecule has 3 heterocycles. The van der Waals surface area contributed by atoms with Crippen LogP contribution in [0.3, 0.4) is 0 Å². The van der Waals surface area contributed by atoms with Crippen molar-refractivity contribution in [1.29, 1.82) is 0 Å². The molecule has 0 aliphatic carbocycles. The molecule has 0 saturated heterocycles. The highest BCUT2D eigenvalue weighted by atomic mass is 16.6. The maximum Gasteiger partial charge on any atom is 0.161 e. The molecule has 1 atom stereocenters. The van der Waals surface area contributed by atoms with E-state index in [2.05, 4.69) is 46.1 Å². The van der Waals surface area contributed by atoms with Crippen LogP contribution in [0, 0.1) is 5.92 Å². The van der Waals surface area contributed by atoms with Gasteiger partial charge in [-0.25, -0.2) is 0 Å². The molecule has 0 fully saturated rings. The van der Waals surface area contributed by atoms with E-state index in [-0.39, 0.29) is 0 Å². The van der Waals surface area contributed by atoms with Crippen LogP contribution in [0.25, 0.3) is 0 Å². The zero-order valence-corrected chi connectivity index (χ0v) is 15.0. The predicted octanol–water partition coefficient (Wildman–Crippen LogP) is 2.52. The monoisotopic (exact) mass is 342 g/mol. The van der Waals surface area contributed by atoms with Crippen LogP contribution < -0.4 is 14.8 Å². The van der Waals surface area contributed by atoms with Crippen LogP contribution in [0.4, 0.5) is 0 Å². The minimum atomic E-state index is 0.422. The van der Waals surface area contributed by atoms with Crippen molar-refractivity contribution < 1.29 is 9.47 Å². The number of aromatic nitrogens is 3. The highest BCUT2D eigenvalue weighted by Gasteiger charge is 2.23. The summed E-state index contributed by atoms with van der Waals surface area (Å²) in [6.45, 7) is 8.50. The Labute approximate surface area is 148 Å². The molecule has 0 unspecified atom stereocenters. The Balaban J connectivity index is 1.33. The summed E-state index contributed by atoms with van der Waals surface area (Å²) in [7, 11) is 0. The Hall–Kier alpha value is -2.08. The molecule has 134 valence electrons. The van der Waals surface area contributed by atoms with E-state index in [1.54, 1.807) is 0 Å². The summed E-state index contributed by atoms with van der Waals surface area (Å²) in [5.41, 5.74) is 1.23. The summed E-state index contributed by atoms with van der Waals surface area (Å²) in [5, 5.41) is 12.3. The molecule has 25 heavy (non-hydrogen) atoms. The van der Waals surface area contributed by atoms with Crippen LogP contribution in [0.2, 0.25) is 0 Å². The molecule has 0 radical (unpaired) electrons. The first-order chi connectivity index (χ1) is 12.2. The minimum Gasteiger partial charge on any atom is -0.486 e. The number of nitrogens with zero attached hydrogens (tertiary/aromatic N) is 3. The predicted molar refractivity (Wildman–Crippen MR) is 95.1 cm³/mol. The lowest BCUT2D eigenvalue weighted by molar-refractivity contribution is 0.171. The summed E-state index contributed by atoms with van der Waals surface area (Å²) in [6.07, 6.45) is 2.19. The summed E-state index contributed by atoms with van der Waals surface area (Å²) in [5.74, 6) is 5.02. The highest BCUT2D eigenvalue weighted by molar-refractivity contribution is 5.43. The second-order valence-electron chi connectivity index (χ2n) is 7.25. The van der Waals surface area contributed by atoms with Gasteiger partial charge in [-0.2, -0.15) is 0 Å². The third-order valence-electron chi connectivity index (χ3n) is 4.96. The van der Waals surface area contributed by atoms with Crippen molar-refractivity contribution in [2.45, 2.75) is 45.7 Å². The van der Waals surface area contributed by atoms with Gasteiger partial charge in [-0.05, 0) is 36.6 Å². The molecule has 0 spiro atoms. The quantitative estimate of drug-likeness (QED) is 0.905. The normalized spacial score (nSPS) is 19.1. The number of hydrogen-bond donors (Lipinski definition) is 1. The topological polar surface area (TPSA) is 61.2 Å². The Bertz CT molecular complexity index is 741. The first-order valence-electron chi connectivity index (χ1n) is 9.22. The van der Waals surface area contributed by atoms with Gasteiger partial charge in [0.1, 0.15) is 24.9 Å². The average Bonchev–Trinajstić information content (AvgIpc) is 3.05. The zero-order chi connectivity index (χ0) is 17.2. The van der Waals surface area contributed by atoms with Gasteiger partial charge < -0.3 is 19.4 Å². The van der Waals surface area contributed by atoms with Gasteiger partial charge in [-0.3, -0.25) is 0 Å². The molecule has 0 bridgehead atoms. The van der Waals surface area contributed by atoms with E-state index in [0.29, 0.717) is 25.0 Å². The molecule has 0 saturated carbocycles. The molecule has 1 aromatic carbocycles. The van der Waals surface area contributed by atoms with Crippen molar-refractivity contribution in [1.82, 2.24) is 20.1 Å². The second kappa shape index (κ2) is 7.04.